The molecule has 2 heterocycles. The molecule has 6 aliphatic rings. The normalized spacial score (nSPS) is 51.4. The van der Waals surface area contributed by atoms with Gasteiger partial charge < -0.3 is 59.8 Å². The molecule has 0 aromatic carbocycles. The Morgan fingerprint density at radius 2 is 1.39 bits per heavy atom. The second-order valence-electron chi connectivity index (χ2n) is 20.0. The standard InChI is InChI=1S/C42H72O12/c1-22(2)10-9-14-42(8,54-37-36(50)35(49)34(48)27(21-44)52-37)23-11-16-41(7)32(23)24(45)18-29-39(5)15-13-30(38(3,4)28(39)12-17-40(29,41)6)53-31-19-25(46)33(47)26(20-43)51-31/h10,23-37,43-50H,9,11-21H2,1-8H3/t23-,24+,25+,26+,27+,28?,29?,30-,31-,32-,33-,34+,35-,36+,37-,39-,40+,41+,42-/m0/s1. The maximum absolute atomic E-state index is 12.5. The van der Waals surface area contributed by atoms with Crippen molar-refractivity contribution in [3.63, 3.8) is 0 Å². The Morgan fingerprint density at radius 3 is 2.04 bits per heavy atom. The molecule has 2 unspecified atom stereocenters. The lowest BCUT2D eigenvalue weighted by Gasteiger charge is -2.71. The Kier molecular flexibility index (Phi) is 12.3. The van der Waals surface area contributed by atoms with Gasteiger partial charge in [0, 0.05) is 6.42 Å². The number of rotatable bonds is 10. The minimum absolute atomic E-state index is 0.0697. The third kappa shape index (κ3) is 6.97. The highest BCUT2D eigenvalue weighted by atomic mass is 16.7. The average Bonchev–Trinajstić information content (AvgIpc) is 3.49. The first-order valence-electron chi connectivity index (χ1n) is 20.8. The van der Waals surface area contributed by atoms with Crippen molar-refractivity contribution in [2.45, 2.75) is 193 Å². The van der Waals surface area contributed by atoms with Crippen LogP contribution in [0, 0.1) is 45.3 Å². The molecule has 0 aromatic heterocycles. The molecule has 12 nitrogen and oxygen atoms in total. The van der Waals surface area contributed by atoms with Crippen molar-refractivity contribution in [2.75, 3.05) is 13.2 Å². The SMILES string of the molecule is CC(C)=CCC[C@](C)(O[C@@H]1O[C@H](CO)[C@@H](O)[C@H](O)[C@H]1O)[C@H]1CC[C@]2(C)[C@@H]1[C@H](O)CC1[C@@]3(C)CC[C@H](O[C@H]4C[C@@H](O)[C@H](O)[C@@H](CO)O4)C(C)(C)C3CC[C@]12C. The predicted molar refractivity (Wildman–Crippen MR) is 200 cm³/mol. The predicted octanol–water partition coefficient (Wildman–Crippen LogP) is 3.18. The zero-order valence-electron chi connectivity index (χ0n) is 33.9. The van der Waals surface area contributed by atoms with Crippen LogP contribution in [0.2, 0.25) is 0 Å². The maximum atomic E-state index is 12.5. The smallest absolute Gasteiger partial charge is 0.187 e. The number of hydrogen-bond donors (Lipinski definition) is 8. The molecule has 0 amide bonds. The fourth-order valence-electron chi connectivity index (χ4n) is 13.4. The molecule has 8 N–H and O–H groups in total. The van der Waals surface area contributed by atoms with Crippen LogP contribution in [0.4, 0.5) is 0 Å². The lowest BCUT2D eigenvalue weighted by molar-refractivity contribution is -0.336. The number of allylic oxidation sites excluding steroid dienone is 2. The van der Waals surface area contributed by atoms with Gasteiger partial charge in [-0.25, -0.2) is 0 Å². The molecule has 4 aliphatic carbocycles. The van der Waals surface area contributed by atoms with Gasteiger partial charge in [-0.1, -0.05) is 46.3 Å². The summed E-state index contributed by atoms with van der Waals surface area (Å²) in [5, 5.41) is 85.1. The first-order valence-corrected chi connectivity index (χ1v) is 20.8. The summed E-state index contributed by atoms with van der Waals surface area (Å²) in [7, 11) is 0. The van der Waals surface area contributed by atoms with Crippen molar-refractivity contribution in [3.8, 4) is 0 Å². The van der Waals surface area contributed by atoms with Crippen LogP contribution >= 0.6 is 0 Å². The molecule has 12 heteroatoms. The Labute approximate surface area is 322 Å². The average molecular weight is 769 g/mol. The molecule has 19 atom stereocenters. The highest BCUT2D eigenvalue weighted by Gasteiger charge is 2.72. The van der Waals surface area contributed by atoms with Crippen LogP contribution in [0.5, 0.6) is 0 Å². The summed E-state index contributed by atoms with van der Waals surface area (Å²) in [6, 6.07) is 0. The van der Waals surface area contributed by atoms with Gasteiger partial charge >= 0.3 is 0 Å². The largest absolute Gasteiger partial charge is 0.394 e. The fraction of sp³-hybridized carbons (Fsp3) is 0.952. The lowest BCUT2D eigenvalue weighted by atomic mass is 9.35. The number of ether oxygens (including phenoxy) is 4. The molecule has 4 saturated carbocycles. The number of hydrogen-bond acceptors (Lipinski definition) is 12. The van der Waals surface area contributed by atoms with Crippen LogP contribution < -0.4 is 0 Å². The van der Waals surface area contributed by atoms with Gasteiger partial charge in [-0.05, 0) is 124 Å². The second kappa shape index (κ2) is 15.5. The van der Waals surface area contributed by atoms with Crippen LogP contribution in [0.3, 0.4) is 0 Å². The molecule has 0 spiro atoms. The van der Waals surface area contributed by atoms with Crippen LogP contribution in [0.25, 0.3) is 0 Å². The van der Waals surface area contributed by atoms with E-state index in [4.69, 9.17) is 18.9 Å². The molecule has 0 aromatic rings. The van der Waals surface area contributed by atoms with Crippen LogP contribution in [0.15, 0.2) is 11.6 Å². The van der Waals surface area contributed by atoms with Gasteiger partial charge in [-0.15, -0.1) is 0 Å². The summed E-state index contributed by atoms with van der Waals surface area (Å²) in [6.07, 6.45) is -1.61. The van der Waals surface area contributed by atoms with E-state index in [-0.39, 0.29) is 51.9 Å². The van der Waals surface area contributed by atoms with Crippen molar-refractivity contribution >= 4 is 0 Å². The topological polar surface area (TPSA) is 199 Å². The molecule has 312 valence electrons. The van der Waals surface area contributed by atoms with E-state index in [2.05, 4.69) is 54.5 Å². The zero-order chi connectivity index (χ0) is 39.8. The summed E-state index contributed by atoms with van der Waals surface area (Å²) in [5.74, 6) is 0.399. The van der Waals surface area contributed by atoms with Crippen molar-refractivity contribution < 1.29 is 59.8 Å². The summed E-state index contributed by atoms with van der Waals surface area (Å²) >= 11 is 0. The Balaban J connectivity index is 1.25. The van der Waals surface area contributed by atoms with Crippen molar-refractivity contribution in [1.82, 2.24) is 0 Å². The van der Waals surface area contributed by atoms with E-state index in [1.54, 1.807) is 0 Å². The number of aliphatic hydroxyl groups excluding tert-OH is 8. The molecular weight excluding hydrogens is 696 g/mol. The van der Waals surface area contributed by atoms with E-state index in [9.17, 15) is 40.9 Å². The van der Waals surface area contributed by atoms with Gasteiger partial charge in [0.25, 0.3) is 0 Å². The third-order valence-electron chi connectivity index (χ3n) is 16.6. The highest BCUT2D eigenvalue weighted by Crippen LogP contribution is 2.76. The van der Waals surface area contributed by atoms with E-state index in [0.29, 0.717) is 18.8 Å². The Morgan fingerprint density at radius 1 is 0.741 bits per heavy atom. The van der Waals surface area contributed by atoms with Crippen molar-refractivity contribution in [1.29, 1.82) is 0 Å². The molecule has 6 rings (SSSR count). The highest BCUT2D eigenvalue weighted by molar-refractivity contribution is 5.20. The molecule has 0 bridgehead atoms. The molecular formula is C42H72O12. The van der Waals surface area contributed by atoms with Crippen LogP contribution in [-0.4, -0.2) is 127 Å². The van der Waals surface area contributed by atoms with Gasteiger partial charge in [0.15, 0.2) is 12.6 Å². The van der Waals surface area contributed by atoms with E-state index < -0.39 is 80.2 Å². The minimum atomic E-state index is -1.54. The molecule has 2 saturated heterocycles. The maximum Gasteiger partial charge on any atom is 0.187 e. The second-order valence-corrected chi connectivity index (χ2v) is 20.0. The number of aliphatic hydroxyl groups is 8. The fourth-order valence-corrected chi connectivity index (χ4v) is 13.4. The Hall–Kier alpha value is -0.740. The van der Waals surface area contributed by atoms with Gasteiger partial charge in [0.1, 0.15) is 36.6 Å². The summed E-state index contributed by atoms with van der Waals surface area (Å²) in [6.45, 7) is 17.1. The van der Waals surface area contributed by atoms with Crippen molar-refractivity contribution in [3.05, 3.63) is 11.6 Å². The van der Waals surface area contributed by atoms with Gasteiger partial charge in [-0.3, -0.25) is 0 Å². The van der Waals surface area contributed by atoms with E-state index >= 15 is 0 Å². The van der Waals surface area contributed by atoms with Crippen LogP contribution in [0.1, 0.15) is 120 Å². The summed E-state index contributed by atoms with van der Waals surface area (Å²) in [5.41, 5.74) is -0.277. The van der Waals surface area contributed by atoms with E-state index in [1.165, 1.54) is 5.57 Å². The van der Waals surface area contributed by atoms with Gasteiger partial charge in [0.05, 0.1) is 37.1 Å². The van der Waals surface area contributed by atoms with Gasteiger partial charge in [0.2, 0.25) is 0 Å². The Bertz CT molecular complexity index is 1340. The number of fused-ring (bicyclic) bond motifs is 5. The molecule has 6 fully saturated rings. The van der Waals surface area contributed by atoms with E-state index in [0.717, 1.165) is 44.9 Å². The quantitative estimate of drug-likeness (QED) is 0.120. The van der Waals surface area contributed by atoms with Crippen molar-refractivity contribution in [2.24, 2.45) is 45.3 Å². The summed E-state index contributed by atoms with van der Waals surface area (Å²) < 4.78 is 25.2. The molecule has 54 heavy (non-hydrogen) atoms. The zero-order valence-corrected chi connectivity index (χ0v) is 33.9. The molecule has 2 aliphatic heterocycles. The molecule has 0 radical (unpaired) electrons. The first kappa shape index (κ1) is 42.9. The van der Waals surface area contributed by atoms with Gasteiger partial charge in [-0.2, -0.15) is 0 Å². The monoisotopic (exact) mass is 769 g/mol. The minimum Gasteiger partial charge on any atom is -0.394 e. The van der Waals surface area contributed by atoms with Crippen LogP contribution in [-0.2, 0) is 18.9 Å². The third-order valence-corrected chi connectivity index (χ3v) is 16.6. The first-order chi connectivity index (χ1) is 25.2. The summed E-state index contributed by atoms with van der Waals surface area (Å²) in [4.78, 5) is 0. The van der Waals surface area contributed by atoms with E-state index in [1.807, 2.05) is 6.92 Å². The lowest BCUT2D eigenvalue weighted by Crippen LogP contribution is -2.67.